The lowest BCUT2D eigenvalue weighted by atomic mass is 9.82. The smallest absolute Gasteiger partial charge is 0.318 e. The van der Waals surface area contributed by atoms with Gasteiger partial charge in [-0.2, -0.15) is 0 Å². The van der Waals surface area contributed by atoms with Crippen LogP contribution in [0.3, 0.4) is 0 Å². The molecular formula is C21H18O7. The lowest BCUT2D eigenvalue weighted by Crippen LogP contribution is -2.33. The fraction of sp³-hybridized carbons (Fsp3) is 0.286. The van der Waals surface area contributed by atoms with Crippen LogP contribution in [-0.2, 0) is 19.1 Å². The molecule has 1 saturated heterocycles. The lowest BCUT2D eigenvalue weighted by molar-refractivity contribution is -0.150. The van der Waals surface area contributed by atoms with E-state index in [0.717, 1.165) is 0 Å². The summed E-state index contributed by atoms with van der Waals surface area (Å²) < 4.78 is 21.3. The molecule has 0 spiro atoms. The van der Waals surface area contributed by atoms with Gasteiger partial charge in [-0.05, 0) is 24.6 Å². The normalized spacial score (nSPS) is 22.6. The van der Waals surface area contributed by atoms with Crippen molar-refractivity contribution in [1.82, 2.24) is 0 Å². The molecule has 0 aromatic heterocycles. The second-order valence-electron chi connectivity index (χ2n) is 6.46. The van der Waals surface area contributed by atoms with Crippen LogP contribution in [0.4, 0.5) is 0 Å². The molecule has 7 nitrogen and oxygen atoms in total. The van der Waals surface area contributed by atoms with Crippen LogP contribution in [0, 0.1) is 11.8 Å². The molecule has 7 heteroatoms. The van der Waals surface area contributed by atoms with Crippen molar-refractivity contribution in [2.24, 2.45) is 11.8 Å². The molecule has 2 aromatic rings. The van der Waals surface area contributed by atoms with Crippen molar-refractivity contribution in [1.29, 1.82) is 0 Å². The highest BCUT2D eigenvalue weighted by Gasteiger charge is 2.54. The topological polar surface area (TPSA) is 88.1 Å². The first-order chi connectivity index (χ1) is 13.6. The van der Waals surface area contributed by atoms with Crippen molar-refractivity contribution in [3.05, 3.63) is 59.7 Å². The number of ketones is 1. The number of fused-ring (bicyclic) bond motifs is 1. The highest BCUT2D eigenvalue weighted by Crippen LogP contribution is 2.44. The maximum atomic E-state index is 13.0. The number of cyclic esters (lactones) is 1. The number of Topliss-reactive ketones (excluding diaryl/α,β-unsaturated/α-hetero) is 1. The van der Waals surface area contributed by atoms with Gasteiger partial charge in [-0.25, -0.2) is 0 Å². The second-order valence-corrected chi connectivity index (χ2v) is 6.46. The van der Waals surface area contributed by atoms with Crippen molar-refractivity contribution >= 4 is 17.7 Å². The van der Waals surface area contributed by atoms with Crippen LogP contribution in [0.5, 0.6) is 11.5 Å². The summed E-state index contributed by atoms with van der Waals surface area (Å²) in [6, 6.07) is 13.4. The Bertz CT molecular complexity index is 922. The SMILES string of the molecule is CCOC(=O)C1C(C(=O)c2ccccc2)C(=O)OC1c1ccc2c(c1)OCO2. The number of carbonyl (C=O) groups is 3. The van der Waals surface area contributed by atoms with Crippen molar-refractivity contribution < 1.29 is 33.3 Å². The summed E-state index contributed by atoms with van der Waals surface area (Å²) in [6.07, 6.45) is -0.946. The van der Waals surface area contributed by atoms with Crippen LogP contribution in [0.1, 0.15) is 28.9 Å². The van der Waals surface area contributed by atoms with Crippen LogP contribution in [0.2, 0.25) is 0 Å². The van der Waals surface area contributed by atoms with E-state index in [9.17, 15) is 14.4 Å². The zero-order chi connectivity index (χ0) is 19.7. The Balaban J connectivity index is 1.71. The molecule has 3 unspecified atom stereocenters. The Kier molecular flexibility index (Phi) is 4.73. The fourth-order valence-electron chi connectivity index (χ4n) is 3.51. The molecule has 2 aliphatic rings. The van der Waals surface area contributed by atoms with E-state index < -0.39 is 35.7 Å². The highest BCUT2D eigenvalue weighted by atomic mass is 16.7. The van der Waals surface area contributed by atoms with E-state index in [1.54, 1.807) is 55.5 Å². The molecule has 144 valence electrons. The lowest BCUT2D eigenvalue weighted by Gasteiger charge is -2.19. The summed E-state index contributed by atoms with van der Waals surface area (Å²) in [5.41, 5.74) is 0.879. The first-order valence-corrected chi connectivity index (χ1v) is 8.96. The number of esters is 2. The predicted molar refractivity (Wildman–Crippen MR) is 95.8 cm³/mol. The van der Waals surface area contributed by atoms with Crippen molar-refractivity contribution in [2.45, 2.75) is 13.0 Å². The number of carbonyl (C=O) groups excluding carboxylic acids is 3. The van der Waals surface area contributed by atoms with Gasteiger partial charge in [0, 0.05) is 5.56 Å². The molecule has 3 atom stereocenters. The van der Waals surface area contributed by atoms with Crippen molar-refractivity contribution in [3.63, 3.8) is 0 Å². The number of rotatable bonds is 5. The largest absolute Gasteiger partial charge is 0.466 e. The van der Waals surface area contributed by atoms with E-state index in [0.29, 0.717) is 22.6 Å². The minimum atomic E-state index is -1.27. The van der Waals surface area contributed by atoms with Gasteiger partial charge in [-0.3, -0.25) is 14.4 Å². The monoisotopic (exact) mass is 382 g/mol. The van der Waals surface area contributed by atoms with Gasteiger partial charge in [0.2, 0.25) is 6.79 Å². The summed E-state index contributed by atoms with van der Waals surface area (Å²) in [7, 11) is 0. The van der Waals surface area contributed by atoms with Gasteiger partial charge >= 0.3 is 11.9 Å². The van der Waals surface area contributed by atoms with Crippen LogP contribution in [0.15, 0.2) is 48.5 Å². The van der Waals surface area contributed by atoms with E-state index in [4.69, 9.17) is 18.9 Å². The summed E-state index contributed by atoms with van der Waals surface area (Å²) >= 11 is 0. The summed E-state index contributed by atoms with van der Waals surface area (Å²) in [6.45, 7) is 1.89. The molecule has 4 rings (SSSR count). The highest BCUT2D eigenvalue weighted by molar-refractivity contribution is 6.12. The fourth-order valence-corrected chi connectivity index (χ4v) is 3.51. The molecule has 28 heavy (non-hydrogen) atoms. The molecule has 0 saturated carbocycles. The first kappa shape index (κ1) is 18.0. The summed E-state index contributed by atoms with van der Waals surface area (Å²) in [5, 5.41) is 0. The average Bonchev–Trinajstić information content (AvgIpc) is 3.31. The standard InChI is InChI=1S/C21H18O7/c1-2-25-20(23)17-16(18(22)12-6-4-3-5-7-12)21(24)28-19(17)13-8-9-14-15(10-13)27-11-26-14/h3-10,16-17,19H,2,11H2,1H3. The Morgan fingerprint density at radius 2 is 1.82 bits per heavy atom. The molecule has 0 amide bonds. The number of hydrogen-bond donors (Lipinski definition) is 0. The maximum absolute atomic E-state index is 13.0. The van der Waals surface area contributed by atoms with Gasteiger partial charge in [-0.15, -0.1) is 0 Å². The number of hydrogen-bond acceptors (Lipinski definition) is 7. The van der Waals surface area contributed by atoms with E-state index in [1.165, 1.54) is 0 Å². The molecule has 2 aliphatic heterocycles. The predicted octanol–water partition coefficient (Wildman–Crippen LogP) is 2.69. The van der Waals surface area contributed by atoms with E-state index in [2.05, 4.69) is 0 Å². The number of benzene rings is 2. The van der Waals surface area contributed by atoms with Gasteiger partial charge < -0.3 is 18.9 Å². The summed E-state index contributed by atoms with van der Waals surface area (Å²) in [5.74, 6) is -3.14. The first-order valence-electron chi connectivity index (χ1n) is 8.96. The Labute approximate surface area is 161 Å². The third-order valence-corrected chi connectivity index (χ3v) is 4.81. The van der Waals surface area contributed by atoms with Gasteiger partial charge in [0.1, 0.15) is 17.9 Å². The van der Waals surface area contributed by atoms with Gasteiger partial charge in [-0.1, -0.05) is 36.4 Å². The zero-order valence-electron chi connectivity index (χ0n) is 15.1. The number of ether oxygens (including phenoxy) is 4. The molecule has 1 fully saturated rings. The van der Waals surface area contributed by atoms with E-state index in [1.807, 2.05) is 0 Å². The molecule has 0 radical (unpaired) electrons. The van der Waals surface area contributed by atoms with Gasteiger partial charge in [0.25, 0.3) is 0 Å². The van der Waals surface area contributed by atoms with Gasteiger partial charge in [0.05, 0.1) is 6.61 Å². The molecule has 0 aliphatic carbocycles. The maximum Gasteiger partial charge on any atom is 0.318 e. The van der Waals surface area contributed by atoms with E-state index in [-0.39, 0.29) is 13.4 Å². The molecule has 2 aromatic carbocycles. The van der Waals surface area contributed by atoms with Crippen molar-refractivity contribution in [3.8, 4) is 11.5 Å². The van der Waals surface area contributed by atoms with Crippen LogP contribution in [-0.4, -0.2) is 31.1 Å². The molecule has 0 bridgehead atoms. The second kappa shape index (κ2) is 7.34. The minimum Gasteiger partial charge on any atom is -0.466 e. The van der Waals surface area contributed by atoms with Crippen LogP contribution < -0.4 is 9.47 Å². The van der Waals surface area contributed by atoms with Gasteiger partial charge in [0.15, 0.2) is 17.3 Å². The quantitative estimate of drug-likeness (QED) is 0.446. The third-order valence-electron chi connectivity index (χ3n) is 4.81. The third kappa shape index (κ3) is 3.09. The van der Waals surface area contributed by atoms with Crippen molar-refractivity contribution in [2.75, 3.05) is 13.4 Å². The minimum absolute atomic E-state index is 0.0969. The molecule has 0 N–H and O–H groups in total. The Morgan fingerprint density at radius 3 is 2.57 bits per heavy atom. The Morgan fingerprint density at radius 1 is 1.07 bits per heavy atom. The Hall–Kier alpha value is -3.35. The van der Waals surface area contributed by atoms with Crippen LogP contribution >= 0.6 is 0 Å². The van der Waals surface area contributed by atoms with E-state index >= 15 is 0 Å². The molecule has 2 heterocycles. The summed E-state index contributed by atoms with van der Waals surface area (Å²) in [4.78, 5) is 38.3. The van der Waals surface area contributed by atoms with Crippen LogP contribution in [0.25, 0.3) is 0 Å². The zero-order valence-corrected chi connectivity index (χ0v) is 15.1. The average molecular weight is 382 g/mol. The molecular weight excluding hydrogens is 364 g/mol.